The lowest BCUT2D eigenvalue weighted by Gasteiger charge is -2.04. The summed E-state index contributed by atoms with van der Waals surface area (Å²) in [5.74, 6) is -0.450. The van der Waals surface area contributed by atoms with Gasteiger partial charge in [0, 0.05) is 18.8 Å². The number of hydrogen-bond donors (Lipinski definition) is 0. The van der Waals surface area contributed by atoms with Crippen LogP contribution < -0.4 is 0 Å². The van der Waals surface area contributed by atoms with Crippen molar-refractivity contribution in [1.82, 2.24) is 19.6 Å². The second-order valence-electron chi connectivity index (χ2n) is 5.18. The number of nitrogens with zero attached hydrogens (tertiary/aromatic N) is 4. The molecule has 3 rings (SSSR count). The van der Waals surface area contributed by atoms with E-state index in [-0.39, 0.29) is 11.6 Å². The quantitative estimate of drug-likeness (QED) is 0.550. The van der Waals surface area contributed by atoms with E-state index in [2.05, 4.69) is 10.2 Å². The molecule has 0 spiro atoms. The van der Waals surface area contributed by atoms with Crippen molar-refractivity contribution in [1.29, 1.82) is 0 Å². The van der Waals surface area contributed by atoms with Gasteiger partial charge in [-0.2, -0.15) is 10.2 Å². The first-order chi connectivity index (χ1) is 11.0. The summed E-state index contributed by atoms with van der Waals surface area (Å²) in [6.07, 6.45) is 8.23. The molecule has 23 heavy (non-hydrogen) atoms. The van der Waals surface area contributed by atoms with Crippen LogP contribution in [0.4, 0.5) is 4.39 Å². The molecule has 5 nitrogen and oxygen atoms in total. The van der Waals surface area contributed by atoms with Crippen LogP contribution in [0, 0.1) is 12.7 Å². The molecular formula is C17H15FN4O. The van der Waals surface area contributed by atoms with E-state index in [0.717, 1.165) is 5.56 Å². The average Bonchev–Trinajstić information content (AvgIpc) is 3.12. The van der Waals surface area contributed by atoms with Crippen LogP contribution in [0.25, 0.3) is 11.8 Å². The van der Waals surface area contributed by atoms with E-state index in [1.165, 1.54) is 24.4 Å². The van der Waals surface area contributed by atoms with E-state index in [1.807, 2.05) is 20.2 Å². The molecule has 0 saturated heterocycles. The molecule has 0 radical (unpaired) electrons. The lowest BCUT2D eigenvalue weighted by molar-refractivity contribution is 0.104. The van der Waals surface area contributed by atoms with Crippen molar-refractivity contribution >= 4 is 11.9 Å². The number of aromatic nitrogens is 4. The third-order valence-electron chi connectivity index (χ3n) is 3.50. The Balaban J connectivity index is 1.85. The van der Waals surface area contributed by atoms with Gasteiger partial charge >= 0.3 is 0 Å². The Labute approximate surface area is 132 Å². The first-order valence-corrected chi connectivity index (χ1v) is 7.06. The van der Waals surface area contributed by atoms with Crippen molar-refractivity contribution in [3.05, 3.63) is 71.6 Å². The fourth-order valence-corrected chi connectivity index (χ4v) is 2.28. The molecular weight excluding hydrogens is 295 g/mol. The third-order valence-corrected chi connectivity index (χ3v) is 3.50. The molecule has 2 heterocycles. The first-order valence-electron chi connectivity index (χ1n) is 7.06. The zero-order valence-electron chi connectivity index (χ0n) is 12.8. The number of benzene rings is 1. The maximum atomic E-state index is 13.0. The van der Waals surface area contributed by atoms with Gasteiger partial charge in [0.15, 0.2) is 5.78 Å². The third kappa shape index (κ3) is 3.11. The molecule has 1 aromatic carbocycles. The highest BCUT2D eigenvalue weighted by Crippen LogP contribution is 2.16. The second-order valence-corrected chi connectivity index (χ2v) is 5.18. The standard InChI is InChI=1S/C17H15FN4O/c1-12-16(17(23)8-3-13-9-19-21(2)11-13)10-20-22(12)15-6-4-14(18)5-7-15/h3-11H,1-2H3/b8-3-. The van der Waals surface area contributed by atoms with Crippen molar-refractivity contribution in [3.63, 3.8) is 0 Å². The van der Waals surface area contributed by atoms with Crippen LogP contribution >= 0.6 is 0 Å². The Kier molecular flexibility index (Phi) is 3.89. The number of rotatable bonds is 4. The molecule has 3 aromatic rings. The molecule has 0 fully saturated rings. The highest BCUT2D eigenvalue weighted by atomic mass is 19.1. The largest absolute Gasteiger partial charge is 0.289 e. The topological polar surface area (TPSA) is 52.7 Å². The van der Waals surface area contributed by atoms with Crippen molar-refractivity contribution in [2.75, 3.05) is 0 Å². The molecule has 2 aromatic heterocycles. The minimum absolute atomic E-state index is 0.139. The summed E-state index contributed by atoms with van der Waals surface area (Å²) in [5, 5.41) is 8.26. The van der Waals surface area contributed by atoms with Gasteiger partial charge < -0.3 is 0 Å². The minimum Gasteiger partial charge on any atom is -0.289 e. The van der Waals surface area contributed by atoms with Gasteiger partial charge in [-0.1, -0.05) is 0 Å². The summed E-state index contributed by atoms with van der Waals surface area (Å²) in [6.45, 7) is 1.81. The summed E-state index contributed by atoms with van der Waals surface area (Å²) < 4.78 is 16.3. The van der Waals surface area contributed by atoms with E-state index >= 15 is 0 Å². The van der Waals surface area contributed by atoms with Crippen LogP contribution in [0.1, 0.15) is 21.6 Å². The van der Waals surface area contributed by atoms with Crippen molar-refractivity contribution in [2.24, 2.45) is 7.05 Å². The first kappa shape index (κ1) is 14.9. The van der Waals surface area contributed by atoms with Gasteiger partial charge in [0.25, 0.3) is 0 Å². The van der Waals surface area contributed by atoms with E-state index in [1.54, 1.807) is 33.8 Å². The highest BCUT2D eigenvalue weighted by Gasteiger charge is 2.13. The van der Waals surface area contributed by atoms with Crippen molar-refractivity contribution in [3.8, 4) is 5.69 Å². The fraction of sp³-hybridized carbons (Fsp3) is 0.118. The summed E-state index contributed by atoms with van der Waals surface area (Å²) in [4.78, 5) is 12.3. The number of hydrogen-bond acceptors (Lipinski definition) is 3. The number of carbonyl (C=O) groups is 1. The van der Waals surface area contributed by atoms with Gasteiger partial charge in [0.05, 0.1) is 29.3 Å². The smallest absolute Gasteiger partial charge is 0.189 e. The maximum Gasteiger partial charge on any atom is 0.189 e. The maximum absolute atomic E-state index is 13.0. The van der Waals surface area contributed by atoms with Crippen LogP contribution in [-0.2, 0) is 7.05 Å². The molecule has 0 bridgehead atoms. The summed E-state index contributed by atoms with van der Waals surface area (Å²) in [7, 11) is 1.82. The van der Waals surface area contributed by atoms with Crippen molar-refractivity contribution in [2.45, 2.75) is 6.92 Å². The Morgan fingerprint density at radius 1 is 1.17 bits per heavy atom. The average molecular weight is 310 g/mol. The Bertz CT molecular complexity index is 874. The van der Waals surface area contributed by atoms with E-state index in [4.69, 9.17) is 0 Å². The van der Waals surface area contributed by atoms with Crippen LogP contribution in [0.2, 0.25) is 0 Å². The molecule has 0 aliphatic heterocycles. The van der Waals surface area contributed by atoms with Gasteiger partial charge in [0.2, 0.25) is 0 Å². The predicted octanol–water partition coefficient (Wildman–Crippen LogP) is 2.95. The molecule has 116 valence electrons. The van der Waals surface area contributed by atoms with Crippen LogP contribution in [0.5, 0.6) is 0 Å². The lowest BCUT2D eigenvalue weighted by Crippen LogP contribution is -2.01. The number of ketones is 1. The lowest BCUT2D eigenvalue weighted by atomic mass is 10.1. The number of allylic oxidation sites excluding steroid dienone is 1. The van der Waals surface area contributed by atoms with Crippen LogP contribution in [0.3, 0.4) is 0 Å². The molecule has 0 aliphatic rings. The fourth-order valence-electron chi connectivity index (χ4n) is 2.28. The zero-order valence-corrected chi connectivity index (χ0v) is 12.8. The summed E-state index contributed by atoms with van der Waals surface area (Å²) in [6, 6.07) is 5.96. The van der Waals surface area contributed by atoms with E-state index < -0.39 is 0 Å². The molecule has 0 atom stereocenters. The van der Waals surface area contributed by atoms with E-state index in [0.29, 0.717) is 16.9 Å². The number of carbonyl (C=O) groups excluding carboxylic acids is 1. The van der Waals surface area contributed by atoms with Gasteiger partial charge in [-0.15, -0.1) is 0 Å². The molecule has 0 aliphatic carbocycles. The molecule has 0 amide bonds. The van der Waals surface area contributed by atoms with Gasteiger partial charge in [-0.05, 0) is 43.3 Å². The predicted molar refractivity (Wildman–Crippen MR) is 84.8 cm³/mol. The second kappa shape index (κ2) is 6.00. The Morgan fingerprint density at radius 2 is 1.91 bits per heavy atom. The monoisotopic (exact) mass is 310 g/mol. The SMILES string of the molecule is Cc1c(C(=O)/C=C\c2cnn(C)c2)cnn1-c1ccc(F)cc1. The summed E-state index contributed by atoms with van der Waals surface area (Å²) in [5.41, 5.74) is 2.77. The summed E-state index contributed by atoms with van der Waals surface area (Å²) >= 11 is 0. The minimum atomic E-state index is -0.311. The Morgan fingerprint density at radius 3 is 2.57 bits per heavy atom. The van der Waals surface area contributed by atoms with Crippen molar-refractivity contribution < 1.29 is 9.18 Å². The van der Waals surface area contributed by atoms with Crippen LogP contribution in [-0.4, -0.2) is 25.3 Å². The molecule has 0 saturated carbocycles. The molecule has 6 heteroatoms. The number of aryl methyl sites for hydroxylation is 1. The van der Waals surface area contributed by atoms with Gasteiger partial charge in [-0.3, -0.25) is 9.48 Å². The molecule has 0 unspecified atom stereocenters. The van der Waals surface area contributed by atoms with E-state index in [9.17, 15) is 9.18 Å². The Hall–Kier alpha value is -3.02. The van der Waals surface area contributed by atoms with Gasteiger partial charge in [-0.25, -0.2) is 9.07 Å². The highest BCUT2D eigenvalue weighted by molar-refractivity contribution is 6.07. The normalized spacial score (nSPS) is 11.3. The van der Waals surface area contributed by atoms with Crippen LogP contribution in [0.15, 0.2) is 48.9 Å². The van der Waals surface area contributed by atoms with Gasteiger partial charge in [0.1, 0.15) is 5.82 Å². The zero-order chi connectivity index (χ0) is 16.4. The molecule has 0 N–H and O–H groups in total. The number of halogens is 1.